The summed E-state index contributed by atoms with van der Waals surface area (Å²) in [5.74, 6) is -0.0262. The minimum atomic E-state index is -0.0262. The van der Waals surface area contributed by atoms with Gasteiger partial charge in [0.25, 0.3) is 0 Å². The predicted octanol–water partition coefficient (Wildman–Crippen LogP) is -0.155. The molecule has 1 aliphatic heterocycles. The Balaban J connectivity index is 1.96. The van der Waals surface area contributed by atoms with Crippen molar-refractivity contribution in [1.29, 1.82) is 0 Å². The number of likely N-dealkylation sites (tertiary alicyclic amines) is 1. The Morgan fingerprint density at radius 2 is 2.15 bits per heavy atom. The summed E-state index contributed by atoms with van der Waals surface area (Å²) in [5, 5.41) is 2.80. The third-order valence-electron chi connectivity index (χ3n) is 2.22. The van der Waals surface area contributed by atoms with Gasteiger partial charge in [0.05, 0.1) is 0 Å². The van der Waals surface area contributed by atoms with Crippen molar-refractivity contribution >= 4 is 5.91 Å². The molecule has 4 heteroatoms. The largest absolute Gasteiger partial charge is 0.375 e. The normalized spacial score (nSPS) is 17.6. The SMILES string of the molecule is COCC(=O)NCCN1CCCC1. The molecule has 1 saturated heterocycles. The number of hydrogen-bond acceptors (Lipinski definition) is 3. The Hall–Kier alpha value is -0.610. The van der Waals surface area contributed by atoms with Gasteiger partial charge in [0.1, 0.15) is 6.61 Å². The van der Waals surface area contributed by atoms with E-state index in [1.54, 1.807) is 0 Å². The molecular weight excluding hydrogens is 168 g/mol. The second-order valence-corrected chi connectivity index (χ2v) is 3.33. The molecule has 0 spiro atoms. The fourth-order valence-corrected chi connectivity index (χ4v) is 1.54. The van der Waals surface area contributed by atoms with Gasteiger partial charge >= 0.3 is 0 Å². The lowest BCUT2D eigenvalue weighted by Gasteiger charge is -2.14. The van der Waals surface area contributed by atoms with Crippen molar-refractivity contribution in [2.24, 2.45) is 0 Å². The zero-order chi connectivity index (χ0) is 9.52. The smallest absolute Gasteiger partial charge is 0.246 e. The van der Waals surface area contributed by atoms with Gasteiger partial charge in [0.2, 0.25) is 5.91 Å². The zero-order valence-corrected chi connectivity index (χ0v) is 8.21. The Bertz CT molecular complexity index is 156. The van der Waals surface area contributed by atoms with Crippen molar-refractivity contribution in [2.45, 2.75) is 12.8 Å². The van der Waals surface area contributed by atoms with Crippen LogP contribution in [0.25, 0.3) is 0 Å². The summed E-state index contributed by atoms with van der Waals surface area (Å²) in [5.41, 5.74) is 0. The highest BCUT2D eigenvalue weighted by atomic mass is 16.5. The standard InChI is InChI=1S/C9H18N2O2/c1-13-8-9(12)10-4-7-11-5-2-3-6-11/h2-8H2,1H3,(H,10,12). The summed E-state index contributed by atoms with van der Waals surface area (Å²) >= 11 is 0. The molecule has 76 valence electrons. The van der Waals surface area contributed by atoms with Crippen LogP contribution in [0.3, 0.4) is 0 Å². The van der Waals surface area contributed by atoms with Crippen molar-refractivity contribution in [1.82, 2.24) is 10.2 Å². The fraction of sp³-hybridized carbons (Fsp3) is 0.889. The fourth-order valence-electron chi connectivity index (χ4n) is 1.54. The number of ether oxygens (including phenoxy) is 1. The van der Waals surface area contributed by atoms with Gasteiger partial charge in [-0.05, 0) is 25.9 Å². The quantitative estimate of drug-likeness (QED) is 0.649. The molecule has 0 aromatic rings. The molecule has 0 aromatic heterocycles. The molecule has 0 bridgehead atoms. The maximum atomic E-state index is 11.0. The van der Waals surface area contributed by atoms with Gasteiger partial charge in [0.15, 0.2) is 0 Å². The van der Waals surface area contributed by atoms with E-state index in [1.807, 2.05) is 0 Å². The van der Waals surface area contributed by atoms with E-state index in [0.717, 1.165) is 13.1 Å². The molecule has 0 aliphatic carbocycles. The molecule has 1 N–H and O–H groups in total. The predicted molar refractivity (Wildman–Crippen MR) is 50.6 cm³/mol. The van der Waals surface area contributed by atoms with Crippen molar-refractivity contribution in [3.63, 3.8) is 0 Å². The minimum Gasteiger partial charge on any atom is -0.375 e. The molecule has 1 amide bonds. The summed E-state index contributed by atoms with van der Waals surface area (Å²) in [6.07, 6.45) is 2.60. The lowest BCUT2D eigenvalue weighted by atomic mass is 10.4. The maximum absolute atomic E-state index is 11.0. The summed E-state index contributed by atoms with van der Waals surface area (Å²) in [6.45, 7) is 4.23. The Morgan fingerprint density at radius 3 is 2.77 bits per heavy atom. The van der Waals surface area contributed by atoms with Crippen LogP contribution in [0.2, 0.25) is 0 Å². The number of hydrogen-bond donors (Lipinski definition) is 1. The second kappa shape index (κ2) is 5.94. The average molecular weight is 186 g/mol. The first-order chi connectivity index (χ1) is 6.33. The lowest BCUT2D eigenvalue weighted by molar-refractivity contribution is -0.124. The molecule has 1 fully saturated rings. The van der Waals surface area contributed by atoms with Crippen LogP contribution >= 0.6 is 0 Å². The summed E-state index contributed by atoms with van der Waals surface area (Å²) in [6, 6.07) is 0. The number of methoxy groups -OCH3 is 1. The number of nitrogens with one attached hydrogen (secondary N) is 1. The molecule has 1 rings (SSSR count). The molecule has 1 aliphatic rings. The molecule has 0 aromatic carbocycles. The van der Waals surface area contributed by atoms with Crippen molar-refractivity contribution in [3.8, 4) is 0 Å². The topological polar surface area (TPSA) is 41.6 Å². The van der Waals surface area contributed by atoms with E-state index in [0.29, 0.717) is 0 Å². The van der Waals surface area contributed by atoms with E-state index in [2.05, 4.69) is 10.2 Å². The highest BCUT2D eigenvalue weighted by molar-refractivity contribution is 5.77. The van der Waals surface area contributed by atoms with Crippen LogP contribution in [0.5, 0.6) is 0 Å². The zero-order valence-electron chi connectivity index (χ0n) is 8.21. The summed E-state index contributed by atoms with van der Waals surface area (Å²) in [4.78, 5) is 13.3. The molecule has 4 nitrogen and oxygen atoms in total. The number of nitrogens with zero attached hydrogens (tertiary/aromatic N) is 1. The molecule has 0 atom stereocenters. The van der Waals surface area contributed by atoms with Gasteiger partial charge in [-0.1, -0.05) is 0 Å². The van der Waals surface area contributed by atoms with E-state index in [-0.39, 0.29) is 12.5 Å². The average Bonchev–Trinajstić information content (AvgIpc) is 2.57. The first-order valence-corrected chi connectivity index (χ1v) is 4.81. The van der Waals surface area contributed by atoms with E-state index in [4.69, 9.17) is 4.74 Å². The van der Waals surface area contributed by atoms with E-state index in [1.165, 1.54) is 33.0 Å². The molecule has 13 heavy (non-hydrogen) atoms. The highest BCUT2D eigenvalue weighted by Gasteiger charge is 2.10. The van der Waals surface area contributed by atoms with Crippen LogP contribution < -0.4 is 5.32 Å². The molecule has 0 saturated carbocycles. The van der Waals surface area contributed by atoms with Crippen molar-refractivity contribution in [2.75, 3.05) is 39.9 Å². The lowest BCUT2D eigenvalue weighted by Crippen LogP contribution is -2.35. The van der Waals surface area contributed by atoms with Crippen LogP contribution in [0, 0.1) is 0 Å². The third kappa shape index (κ3) is 4.24. The summed E-state index contributed by atoms with van der Waals surface area (Å²) < 4.78 is 4.70. The number of carbonyl (C=O) groups is 1. The Morgan fingerprint density at radius 1 is 1.46 bits per heavy atom. The maximum Gasteiger partial charge on any atom is 0.246 e. The minimum absolute atomic E-state index is 0.0262. The van der Waals surface area contributed by atoms with Crippen LogP contribution in [-0.2, 0) is 9.53 Å². The Kier molecular flexibility index (Phi) is 4.78. The van der Waals surface area contributed by atoms with Gasteiger partial charge < -0.3 is 15.0 Å². The third-order valence-corrected chi connectivity index (χ3v) is 2.22. The van der Waals surface area contributed by atoms with Gasteiger partial charge in [-0.3, -0.25) is 4.79 Å². The Labute approximate surface area is 79.2 Å². The van der Waals surface area contributed by atoms with Crippen LogP contribution in [0.4, 0.5) is 0 Å². The highest BCUT2D eigenvalue weighted by Crippen LogP contribution is 2.05. The first kappa shape index (κ1) is 10.5. The van der Waals surface area contributed by atoms with Gasteiger partial charge in [-0.25, -0.2) is 0 Å². The molecule has 1 heterocycles. The number of carbonyl (C=O) groups excluding carboxylic acids is 1. The monoisotopic (exact) mass is 186 g/mol. The van der Waals surface area contributed by atoms with Crippen LogP contribution in [0.15, 0.2) is 0 Å². The van der Waals surface area contributed by atoms with E-state index < -0.39 is 0 Å². The summed E-state index contributed by atoms with van der Waals surface area (Å²) in [7, 11) is 1.53. The second-order valence-electron chi connectivity index (χ2n) is 3.33. The first-order valence-electron chi connectivity index (χ1n) is 4.81. The van der Waals surface area contributed by atoms with Crippen molar-refractivity contribution in [3.05, 3.63) is 0 Å². The van der Waals surface area contributed by atoms with Crippen LogP contribution in [0.1, 0.15) is 12.8 Å². The number of rotatable bonds is 5. The van der Waals surface area contributed by atoms with E-state index >= 15 is 0 Å². The van der Waals surface area contributed by atoms with E-state index in [9.17, 15) is 4.79 Å². The van der Waals surface area contributed by atoms with Gasteiger partial charge in [-0.15, -0.1) is 0 Å². The number of amides is 1. The van der Waals surface area contributed by atoms with Gasteiger partial charge in [0, 0.05) is 20.2 Å². The van der Waals surface area contributed by atoms with Crippen molar-refractivity contribution < 1.29 is 9.53 Å². The molecule has 0 radical (unpaired) electrons. The van der Waals surface area contributed by atoms with Gasteiger partial charge in [-0.2, -0.15) is 0 Å². The van der Waals surface area contributed by atoms with Crippen LogP contribution in [-0.4, -0.2) is 50.7 Å². The molecular formula is C9H18N2O2. The molecule has 0 unspecified atom stereocenters.